The molecule has 0 aromatic heterocycles. The lowest BCUT2D eigenvalue weighted by Crippen LogP contribution is -2.12. The van der Waals surface area contributed by atoms with Gasteiger partial charge < -0.3 is 19.9 Å². The third kappa shape index (κ3) is 11.6. The number of esters is 3. The molecule has 0 atom stereocenters. The molecule has 0 bridgehead atoms. The first kappa shape index (κ1) is 23.1. The second-order valence-corrected chi connectivity index (χ2v) is 5.62. The summed E-state index contributed by atoms with van der Waals surface area (Å²) in [6, 6.07) is 4.80. The topological polar surface area (TPSA) is 122 Å². The number of carbonyl (C=O) groups is 4. The number of aryl methyl sites for hydroxylation is 1. The van der Waals surface area contributed by atoms with Crippen molar-refractivity contribution in [3.8, 4) is 11.5 Å². The van der Waals surface area contributed by atoms with Gasteiger partial charge in [0.1, 0.15) is 0 Å². The van der Waals surface area contributed by atoms with Gasteiger partial charge in [-0.05, 0) is 38.0 Å². The maximum absolute atomic E-state index is 11.5. The van der Waals surface area contributed by atoms with Crippen LogP contribution in [-0.2, 0) is 30.3 Å². The van der Waals surface area contributed by atoms with E-state index in [1.807, 2.05) is 0 Å². The van der Waals surface area contributed by atoms with E-state index in [-0.39, 0.29) is 35.9 Å². The first-order chi connectivity index (χ1) is 12.0. The quantitative estimate of drug-likeness (QED) is 0.602. The average molecular weight is 367 g/mol. The molecule has 144 valence electrons. The molecule has 0 saturated heterocycles. The smallest absolute Gasteiger partial charge is 0.308 e. The summed E-state index contributed by atoms with van der Waals surface area (Å²) in [5.74, 6) is -1.35. The highest BCUT2D eigenvalue weighted by atomic mass is 16.6. The molecule has 1 aromatic rings. The molecular formula is C18H25NO7. The van der Waals surface area contributed by atoms with Gasteiger partial charge in [0.05, 0.1) is 6.10 Å². The van der Waals surface area contributed by atoms with Crippen molar-refractivity contribution in [3.05, 3.63) is 23.8 Å². The average Bonchev–Trinajstić information content (AvgIpc) is 2.45. The number of nitrogens with two attached hydrogens (primary N) is 1. The standard InChI is InChI=1S/C16H20O6.C2H5NO/c1-10(2)20-16(19)8-6-13-5-7-14(21-11(3)17)15(9-13)22-12(4)18;1-2(3)4/h5,7,9-10H,6,8H2,1-4H3;1H3,(H2,3,4). The molecule has 26 heavy (non-hydrogen) atoms. The second-order valence-electron chi connectivity index (χ2n) is 5.62. The van der Waals surface area contributed by atoms with Crippen molar-refractivity contribution in [2.24, 2.45) is 5.73 Å². The molecule has 0 aliphatic heterocycles. The van der Waals surface area contributed by atoms with Gasteiger partial charge in [0.25, 0.3) is 0 Å². The van der Waals surface area contributed by atoms with Crippen LogP contribution in [0.15, 0.2) is 18.2 Å². The Kier molecular flexibility index (Phi) is 10.3. The molecule has 0 spiro atoms. The Hall–Kier alpha value is -2.90. The first-order valence-corrected chi connectivity index (χ1v) is 7.96. The summed E-state index contributed by atoms with van der Waals surface area (Å²) in [5, 5.41) is 0. The lowest BCUT2D eigenvalue weighted by molar-refractivity contribution is -0.147. The Bertz CT molecular complexity index is 649. The van der Waals surface area contributed by atoms with Crippen molar-refractivity contribution in [1.82, 2.24) is 0 Å². The van der Waals surface area contributed by atoms with Crippen LogP contribution in [0.3, 0.4) is 0 Å². The minimum atomic E-state index is -0.523. The number of hydrogen-bond donors (Lipinski definition) is 1. The van der Waals surface area contributed by atoms with Crippen molar-refractivity contribution in [2.45, 2.75) is 53.6 Å². The fourth-order valence-corrected chi connectivity index (χ4v) is 1.75. The highest BCUT2D eigenvalue weighted by molar-refractivity contribution is 5.74. The van der Waals surface area contributed by atoms with Gasteiger partial charge in [-0.3, -0.25) is 19.2 Å². The first-order valence-electron chi connectivity index (χ1n) is 7.96. The van der Waals surface area contributed by atoms with Gasteiger partial charge in [-0.2, -0.15) is 0 Å². The third-order valence-corrected chi connectivity index (χ3v) is 2.50. The molecule has 8 heteroatoms. The SMILES string of the molecule is CC(=O)Oc1ccc(CCC(=O)OC(C)C)cc1OC(C)=O.CC(N)=O. The van der Waals surface area contributed by atoms with Crippen LogP contribution in [-0.4, -0.2) is 29.9 Å². The summed E-state index contributed by atoms with van der Waals surface area (Å²) in [7, 11) is 0. The molecule has 1 amide bonds. The molecular weight excluding hydrogens is 342 g/mol. The number of hydrogen-bond acceptors (Lipinski definition) is 7. The molecule has 2 N–H and O–H groups in total. The lowest BCUT2D eigenvalue weighted by atomic mass is 10.1. The van der Waals surface area contributed by atoms with Crippen molar-refractivity contribution in [2.75, 3.05) is 0 Å². The molecule has 1 rings (SSSR count). The van der Waals surface area contributed by atoms with Gasteiger partial charge in [0.2, 0.25) is 5.91 Å². The molecule has 0 unspecified atom stereocenters. The molecule has 0 radical (unpaired) electrons. The van der Waals surface area contributed by atoms with Crippen molar-refractivity contribution < 1.29 is 33.4 Å². The van der Waals surface area contributed by atoms with Crippen molar-refractivity contribution >= 4 is 23.8 Å². The van der Waals surface area contributed by atoms with Crippen molar-refractivity contribution in [3.63, 3.8) is 0 Å². The van der Waals surface area contributed by atoms with Gasteiger partial charge in [-0.25, -0.2) is 0 Å². The Labute approximate surface area is 152 Å². The predicted octanol–water partition coefficient (Wildman–Crippen LogP) is 1.91. The lowest BCUT2D eigenvalue weighted by Gasteiger charge is -2.11. The zero-order chi connectivity index (χ0) is 20.3. The molecule has 0 fully saturated rings. The van der Waals surface area contributed by atoms with E-state index < -0.39 is 11.9 Å². The fourth-order valence-electron chi connectivity index (χ4n) is 1.75. The summed E-state index contributed by atoms with van der Waals surface area (Å²) in [6.45, 7) is 7.38. The van der Waals surface area contributed by atoms with E-state index in [9.17, 15) is 19.2 Å². The summed E-state index contributed by atoms with van der Waals surface area (Å²) in [5.41, 5.74) is 5.24. The maximum atomic E-state index is 11.5. The zero-order valence-electron chi connectivity index (χ0n) is 15.7. The molecule has 8 nitrogen and oxygen atoms in total. The van der Waals surface area contributed by atoms with Gasteiger partial charge >= 0.3 is 17.9 Å². The van der Waals surface area contributed by atoms with Crippen LogP contribution in [0.4, 0.5) is 0 Å². The van der Waals surface area contributed by atoms with E-state index in [4.69, 9.17) is 14.2 Å². The zero-order valence-corrected chi connectivity index (χ0v) is 15.7. The van der Waals surface area contributed by atoms with E-state index in [1.54, 1.807) is 26.0 Å². The number of benzene rings is 1. The Morgan fingerprint density at radius 3 is 1.92 bits per heavy atom. The van der Waals surface area contributed by atoms with Crippen LogP contribution in [0, 0.1) is 0 Å². The second kappa shape index (κ2) is 11.6. The van der Waals surface area contributed by atoms with Crippen molar-refractivity contribution in [1.29, 1.82) is 0 Å². The fraction of sp³-hybridized carbons (Fsp3) is 0.444. The van der Waals surface area contributed by atoms with Gasteiger partial charge in [0.15, 0.2) is 11.5 Å². The van der Waals surface area contributed by atoms with Gasteiger partial charge in [-0.15, -0.1) is 0 Å². The van der Waals surface area contributed by atoms with Gasteiger partial charge in [0, 0.05) is 27.2 Å². The van der Waals surface area contributed by atoms with E-state index >= 15 is 0 Å². The number of amides is 1. The number of rotatable bonds is 6. The van der Waals surface area contributed by atoms with E-state index in [2.05, 4.69) is 5.73 Å². The van der Waals surface area contributed by atoms with Gasteiger partial charge in [-0.1, -0.05) is 6.07 Å². The Balaban J connectivity index is 0.00000141. The van der Waals surface area contributed by atoms with Crippen LogP contribution < -0.4 is 15.2 Å². The highest BCUT2D eigenvalue weighted by Crippen LogP contribution is 2.29. The predicted molar refractivity (Wildman–Crippen MR) is 93.5 cm³/mol. The van der Waals surface area contributed by atoms with E-state index in [1.165, 1.54) is 26.8 Å². The number of carbonyl (C=O) groups excluding carboxylic acids is 4. The van der Waals surface area contributed by atoms with Crippen LogP contribution in [0.5, 0.6) is 11.5 Å². The summed E-state index contributed by atoms with van der Waals surface area (Å²) < 4.78 is 15.0. The maximum Gasteiger partial charge on any atom is 0.308 e. The summed E-state index contributed by atoms with van der Waals surface area (Å²) in [6.07, 6.45) is 0.487. The van der Waals surface area contributed by atoms with Crippen LogP contribution in [0.1, 0.15) is 46.6 Å². The molecule has 0 heterocycles. The summed E-state index contributed by atoms with van der Waals surface area (Å²) >= 11 is 0. The van der Waals surface area contributed by atoms with Crippen LogP contribution >= 0.6 is 0 Å². The van der Waals surface area contributed by atoms with Crippen LogP contribution in [0.25, 0.3) is 0 Å². The number of ether oxygens (including phenoxy) is 3. The van der Waals surface area contributed by atoms with E-state index in [0.717, 1.165) is 5.56 Å². The highest BCUT2D eigenvalue weighted by Gasteiger charge is 2.12. The largest absolute Gasteiger partial charge is 0.463 e. The number of primary amides is 1. The van der Waals surface area contributed by atoms with E-state index in [0.29, 0.717) is 6.42 Å². The minimum absolute atomic E-state index is 0.150. The molecule has 0 saturated carbocycles. The molecule has 1 aromatic carbocycles. The monoisotopic (exact) mass is 367 g/mol. The minimum Gasteiger partial charge on any atom is -0.463 e. The molecule has 0 aliphatic rings. The molecule has 0 aliphatic carbocycles. The Morgan fingerprint density at radius 2 is 1.46 bits per heavy atom. The van der Waals surface area contributed by atoms with Crippen LogP contribution in [0.2, 0.25) is 0 Å². The normalized spacial score (nSPS) is 9.62. The summed E-state index contributed by atoms with van der Waals surface area (Å²) in [4.78, 5) is 42.9. The Morgan fingerprint density at radius 1 is 0.962 bits per heavy atom. The third-order valence-electron chi connectivity index (χ3n) is 2.50.